The first-order chi connectivity index (χ1) is 6.65. The van der Waals surface area contributed by atoms with Crippen molar-refractivity contribution in [2.24, 2.45) is 0 Å². The number of carbonyl (C=O) groups is 1. The molecule has 1 aromatic rings. The SMILES string of the molecule is C=CCOC(=O)c1cc(I)ccc1O. The summed E-state index contributed by atoms with van der Waals surface area (Å²) in [7, 11) is 0. The maximum atomic E-state index is 11.3. The number of benzene rings is 1. The number of hydrogen-bond donors (Lipinski definition) is 1. The molecule has 0 unspecified atom stereocenters. The van der Waals surface area contributed by atoms with E-state index in [0.29, 0.717) is 0 Å². The lowest BCUT2D eigenvalue weighted by molar-refractivity contribution is 0.0546. The molecule has 0 aliphatic rings. The van der Waals surface area contributed by atoms with Gasteiger partial charge in [-0.25, -0.2) is 4.79 Å². The minimum Gasteiger partial charge on any atom is -0.507 e. The van der Waals surface area contributed by atoms with E-state index in [9.17, 15) is 9.90 Å². The summed E-state index contributed by atoms with van der Waals surface area (Å²) in [4.78, 5) is 11.3. The van der Waals surface area contributed by atoms with Gasteiger partial charge in [-0.05, 0) is 40.8 Å². The fraction of sp³-hybridized carbons (Fsp3) is 0.100. The van der Waals surface area contributed by atoms with Crippen molar-refractivity contribution in [1.82, 2.24) is 0 Å². The molecule has 4 heteroatoms. The molecule has 0 bridgehead atoms. The van der Waals surface area contributed by atoms with Gasteiger partial charge in [-0.15, -0.1) is 0 Å². The van der Waals surface area contributed by atoms with E-state index in [1.807, 2.05) is 0 Å². The summed E-state index contributed by atoms with van der Waals surface area (Å²) >= 11 is 2.05. The number of esters is 1. The van der Waals surface area contributed by atoms with E-state index in [-0.39, 0.29) is 17.9 Å². The minimum absolute atomic E-state index is 0.0699. The van der Waals surface area contributed by atoms with Crippen molar-refractivity contribution in [1.29, 1.82) is 0 Å². The lowest BCUT2D eigenvalue weighted by atomic mass is 10.2. The molecular weight excluding hydrogens is 295 g/mol. The molecule has 0 aromatic heterocycles. The Morgan fingerprint density at radius 3 is 3.00 bits per heavy atom. The number of carbonyl (C=O) groups excluding carboxylic acids is 1. The second kappa shape index (κ2) is 4.99. The lowest BCUT2D eigenvalue weighted by Crippen LogP contribution is -2.05. The van der Waals surface area contributed by atoms with Crippen molar-refractivity contribution in [2.75, 3.05) is 6.61 Å². The summed E-state index contributed by atoms with van der Waals surface area (Å²) in [6.45, 7) is 3.57. The van der Waals surface area contributed by atoms with Crippen molar-refractivity contribution < 1.29 is 14.6 Å². The number of rotatable bonds is 3. The summed E-state index contributed by atoms with van der Waals surface area (Å²) in [5, 5.41) is 9.37. The number of phenols is 1. The Morgan fingerprint density at radius 1 is 1.64 bits per heavy atom. The van der Waals surface area contributed by atoms with E-state index in [1.54, 1.807) is 12.1 Å². The number of aromatic hydroxyl groups is 1. The quantitative estimate of drug-likeness (QED) is 0.530. The standard InChI is InChI=1S/C10H9IO3/c1-2-5-14-10(13)8-6-7(11)3-4-9(8)12/h2-4,6,12H,1,5H2. The maximum absolute atomic E-state index is 11.3. The van der Waals surface area contributed by atoms with Crippen molar-refractivity contribution in [3.8, 4) is 5.75 Å². The van der Waals surface area contributed by atoms with Gasteiger partial charge in [0.05, 0.1) is 0 Å². The van der Waals surface area contributed by atoms with Gasteiger partial charge in [-0.3, -0.25) is 0 Å². The van der Waals surface area contributed by atoms with E-state index in [1.165, 1.54) is 12.1 Å². The molecular formula is C10H9IO3. The summed E-state index contributed by atoms with van der Waals surface area (Å²) in [5.74, 6) is -0.611. The van der Waals surface area contributed by atoms with E-state index >= 15 is 0 Å². The van der Waals surface area contributed by atoms with E-state index in [4.69, 9.17) is 4.74 Å². The average molecular weight is 304 g/mol. The van der Waals surface area contributed by atoms with Gasteiger partial charge in [0.2, 0.25) is 0 Å². The summed E-state index contributed by atoms with van der Waals surface area (Å²) in [6.07, 6.45) is 1.48. The van der Waals surface area contributed by atoms with Crippen LogP contribution in [0.15, 0.2) is 30.9 Å². The third kappa shape index (κ3) is 2.73. The molecule has 0 amide bonds. The third-order valence-corrected chi connectivity index (χ3v) is 2.18. The Balaban J connectivity index is 2.88. The molecule has 0 radical (unpaired) electrons. The summed E-state index contributed by atoms with van der Waals surface area (Å²) in [5.41, 5.74) is 0.179. The normalized spacial score (nSPS) is 9.50. The van der Waals surface area contributed by atoms with Gasteiger partial charge in [-0.2, -0.15) is 0 Å². The number of ether oxygens (including phenoxy) is 1. The van der Waals surface area contributed by atoms with Crippen LogP contribution in [0.4, 0.5) is 0 Å². The summed E-state index contributed by atoms with van der Waals surface area (Å²) in [6, 6.07) is 4.74. The van der Waals surface area contributed by atoms with Crippen LogP contribution in [-0.2, 0) is 4.74 Å². The van der Waals surface area contributed by atoms with Gasteiger partial charge in [0.1, 0.15) is 17.9 Å². The monoisotopic (exact) mass is 304 g/mol. The molecule has 0 aliphatic carbocycles. The third-order valence-electron chi connectivity index (χ3n) is 1.51. The first-order valence-corrected chi connectivity index (χ1v) is 4.99. The smallest absolute Gasteiger partial charge is 0.342 e. The lowest BCUT2D eigenvalue weighted by Gasteiger charge is -2.04. The zero-order valence-electron chi connectivity index (χ0n) is 7.37. The van der Waals surface area contributed by atoms with Gasteiger partial charge < -0.3 is 9.84 Å². The molecule has 1 rings (SSSR count). The van der Waals surface area contributed by atoms with Crippen molar-refractivity contribution in [3.05, 3.63) is 40.0 Å². The van der Waals surface area contributed by atoms with Crippen molar-refractivity contribution >= 4 is 28.6 Å². The highest BCUT2D eigenvalue weighted by Crippen LogP contribution is 2.20. The molecule has 3 nitrogen and oxygen atoms in total. The fourth-order valence-corrected chi connectivity index (χ4v) is 1.38. The molecule has 0 spiro atoms. The van der Waals surface area contributed by atoms with E-state index in [2.05, 4.69) is 29.2 Å². The Bertz CT molecular complexity index is 360. The molecule has 1 aromatic carbocycles. The molecule has 0 heterocycles. The number of phenolic OH excluding ortho intramolecular Hbond substituents is 1. The van der Waals surface area contributed by atoms with Crippen LogP contribution in [0.25, 0.3) is 0 Å². The van der Waals surface area contributed by atoms with Crippen LogP contribution in [0.2, 0.25) is 0 Å². The minimum atomic E-state index is -0.541. The second-order valence-electron chi connectivity index (χ2n) is 2.55. The van der Waals surface area contributed by atoms with Crippen LogP contribution in [0.1, 0.15) is 10.4 Å². The molecule has 0 saturated carbocycles. The topological polar surface area (TPSA) is 46.5 Å². The molecule has 0 aliphatic heterocycles. The van der Waals surface area contributed by atoms with Gasteiger partial charge in [0, 0.05) is 3.57 Å². The first kappa shape index (κ1) is 11.0. The first-order valence-electron chi connectivity index (χ1n) is 3.91. The Kier molecular flexibility index (Phi) is 3.94. The predicted molar refractivity (Wildman–Crippen MR) is 61.3 cm³/mol. The van der Waals surface area contributed by atoms with Crippen LogP contribution < -0.4 is 0 Å². The fourth-order valence-electron chi connectivity index (χ4n) is 0.884. The van der Waals surface area contributed by atoms with Crippen LogP contribution >= 0.6 is 22.6 Å². The average Bonchev–Trinajstić information content (AvgIpc) is 2.18. The van der Waals surface area contributed by atoms with Crippen LogP contribution in [0.5, 0.6) is 5.75 Å². The zero-order chi connectivity index (χ0) is 10.6. The van der Waals surface area contributed by atoms with Crippen LogP contribution in [0.3, 0.4) is 0 Å². The van der Waals surface area contributed by atoms with Gasteiger partial charge in [0.15, 0.2) is 0 Å². The number of hydrogen-bond acceptors (Lipinski definition) is 3. The van der Waals surface area contributed by atoms with Gasteiger partial charge in [0.25, 0.3) is 0 Å². The molecule has 1 N–H and O–H groups in total. The highest BCUT2D eigenvalue weighted by molar-refractivity contribution is 14.1. The largest absolute Gasteiger partial charge is 0.507 e. The highest BCUT2D eigenvalue weighted by Gasteiger charge is 2.11. The van der Waals surface area contributed by atoms with E-state index in [0.717, 1.165) is 3.57 Å². The molecule has 0 fully saturated rings. The molecule has 0 saturated heterocycles. The molecule has 0 atom stereocenters. The van der Waals surface area contributed by atoms with Crippen LogP contribution in [-0.4, -0.2) is 17.7 Å². The van der Waals surface area contributed by atoms with Gasteiger partial charge in [-0.1, -0.05) is 12.7 Å². The molecule has 14 heavy (non-hydrogen) atoms. The highest BCUT2D eigenvalue weighted by atomic mass is 127. The maximum Gasteiger partial charge on any atom is 0.342 e. The predicted octanol–water partition coefficient (Wildman–Crippen LogP) is 2.34. The van der Waals surface area contributed by atoms with Crippen molar-refractivity contribution in [3.63, 3.8) is 0 Å². The van der Waals surface area contributed by atoms with Crippen molar-refractivity contribution in [2.45, 2.75) is 0 Å². The van der Waals surface area contributed by atoms with E-state index < -0.39 is 5.97 Å². The Hall–Kier alpha value is -1.04. The summed E-state index contributed by atoms with van der Waals surface area (Å²) < 4.78 is 5.66. The Labute approximate surface area is 95.5 Å². The number of halogens is 1. The Morgan fingerprint density at radius 2 is 2.36 bits per heavy atom. The zero-order valence-corrected chi connectivity index (χ0v) is 9.52. The second-order valence-corrected chi connectivity index (χ2v) is 3.79. The van der Waals surface area contributed by atoms with Crippen LogP contribution in [0, 0.1) is 3.57 Å². The molecule has 74 valence electrons. The van der Waals surface area contributed by atoms with Gasteiger partial charge >= 0.3 is 5.97 Å².